The maximum absolute atomic E-state index is 13.2. The second-order valence-electron chi connectivity index (χ2n) is 8.24. The van der Waals surface area contributed by atoms with Gasteiger partial charge in [-0.1, -0.05) is 61.2 Å². The number of thioether (sulfide) groups is 1. The molecule has 0 aromatic heterocycles. The number of carbonyl (C=O) groups excluding carboxylic acids is 2. The molecule has 2 atom stereocenters. The van der Waals surface area contributed by atoms with Gasteiger partial charge in [0.1, 0.15) is 24.1 Å². The van der Waals surface area contributed by atoms with Crippen molar-refractivity contribution in [3.8, 4) is 5.75 Å². The first-order chi connectivity index (χ1) is 16.1. The van der Waals surface area contributed by atoms with E-state index in [1.54, 1.807) is 0 Å². The fraction of sp³-hybridized carbons (Fsp3) is 0.308. The maximum atomic E-state index is 13.2. The molecule has 2 aliphatic heterocycles. The van der Waals surface area contributed by atoms with E-state index in [9.17, 15) is 9.59 Å². The van der Waals surface area contributed by atoms with Crippen LogP contribution >= 0.6 is 11.8 Å². The number of nitrogens with zero attached hydrogens (tertiary/aromatic N) is 2. The number of hydrogen-bond acceptors (Lipinski definition) is 6. The lowest BCUT2D eigenvalue weighted by Gasteiger charge is -2.36. The second kappa shape index (κ2) is 9.35. The Kier molecular flexibility index (Phi) is 6.13. The van der Waals surface area contributed by atoms with Crippen LogP contribution in [0.4, 0.5) is 0 Å². The normalized spacial score (nSPS) is 22.1. The highest BCUT2D eigenvalue weighted by Gasteiger charge is 2.45. The predicted molar refractivity (Wildman–Crippen MR) is 130 cm³/mol. The number of nitrogens with one attached hydrogen (secondary N) is 1. The van der Waals surface area contributed by atoms with Crippen LogP contribution in [0.15, 0.2) is 75.9 Å². The van der Waals surface area contributed by atoms with Crippen molar-refractivity contribution >= 4 is 34.5 Å². The first kappa shape index (κ1) is 21.6. The van der Waals surface area contributed by atoms with Crippen molar-refractivity contribution in [3.05, 3.63) is 77.0 Å². The summed E-state index contributed by atoms with van der Waals surface area (Å²) in [7, 11) is 0. The predicted octanol–water partition coefficient (Wildman–Crippen LogP) is 4.62. The summed E-state index contributed by atoms with van der Waals surface area (Å²) >= 11 is 1.48. The third-order valence-electron chi connectivity index (χ3n) is 6.10. The molecule has 7 heteroatoms. The highest BCUT2D eigenvalue weighted by atomic mass is 32.2. The molecule has 0 saturated heterocycles. The molecule has 168 valence electrons. The van der Waals surface area contributed by atoms with Gasteiger partial charge in [0.2, 0.25) is 5.91 Å². The number of ether oxygens (including phenoxy) is 1. The Bertz CT molecular complexity index is 1170. The minimum absolute atomic E-state index is 0.0824. The lowest BCUT2D eigenvalue weighted by atomic mass is 9.72. The maximum Gasteiger partial charge on any atom is 0.237 e. The molecule has 0 radical (unpaired) electrons. The van der Waals surface area contributed by atoms with Crippen LogP contribution in [-0.4, -0.2) is 28.4 Å². The van der Waals surface area contributed by atoms with Crippen molar-refractivity contribution in [2.24, 2.45) is 15.9 Å². The van der Waals surface area contributed by atoms with E-state index < -0.39 is 5.92 Å². The summed E-state index contributed by atoms with van der Waals surface area (Å²) in [5.74, 6) is 0.987. The monoisotopic (exact) mass is 459 g/mol. The molecule has 33 heavy (non-hydrogen) atoms. The van der Waals surface area contributed by atoms with Crippen LogP contribution in [0.2, 0.25) is 0 Å². The van der Waals surface area contributed by atoms with Crippen molar-refractivity contribution in [2.75, 3.05) is 5.75 Å². The number of Topliss-reactive ketones (excluding diaryl/α,β-unsaturated/α-hetero) is 1. The van der Waals surface area contributed by atoms with Gasteiger partial charge in [-0.25, -0.2) is 9.98 Å². The van der Waals surface area contributed by atoms with E-state index in [0.717, 1.165) is 41.2 Å². The van der Waals surface area contributed by atoms with E-state index in [4.69, 9.17) is 9.73 Å². The Morgan fingerprint density at radius 2 is 1.79 bits per heavy atom. The molecule has 3 aliphatic rings. The van der Waals surface area contributed by atoms with E-state index in [2.05, 4.69) is 10.3 Å². The number of ketones is 1. The number of allylic oxidation sites excluding steroid dienone is 2. The standard InChI is InChI=1S/C26H25N3O3S/c1-2-33-26-28-24-23(25(31)29-26)21(22-19(27-24)9-6-10-20(22)30)17-11-13-18(14-12-17)32-15-16-7-4-3-5-8-16/h3-5,7-8,11-14,21,23H,2,6,9-10,15H2,1H3,(H,27,28,29,31). The Morgan fingerprint density at radius 1 is 1.00 bits per heavy atom. The van der Waals surface area contributed by atoms with E-state index in [-0.39, 0.29) is 17.6 Å². The van der Waals surface area contributed by atoms with E-state index >= 15 is 0 Å². The van der Waals surface area contributed by atoms with Crippen LogP contribution in [0.25, 0.3) is 0 Å². The van der Waals surface area contributed by atoms with Gasteiger partial charge in [-0.2, -0.15) is 0 Å². The smallest absolute Gasteiger partial charge is 0.237 e. The summed E-state index contributed by atoms with van der Waals surface area (Å²) in [6.45, 7) is 2.49. The fourth-order valence-electron chi connectivity index (χ4n) is 4.59. The third-order valence-corrected chi connectivity index (χ3v) is 6.85. The summed E-state index contributed by atoms with van der Waals surface area (Å²) in [6.07, 6.45) is 2.01. The number of carbonyl (C=O) groups is 2. The average Bonchev–Trinajstić information content (AvgIpc) is 2.83. The van der Waals surface area contributed by atoms with Crippen molar-refractivity contribution in [3.63, 3.8) is 0 Å². The molecule has 1 aliphatic carbocycles. The number of fused-ring (bicyclic) bond motifs is 1. The Labute approximate surface area is 197 Å². The van der Waals surface area contributed by atoms with Gasteiger partial charge in [-0.3, -0.25) is 9.59 Å². The van der Waals surface area contributed by atoms with Gasteiger partial charge in [-0.15, -0.1) is 0 Å². The Hall–Kier alpha value is -3.19. The molecule has 2 aromatic rings. The van der Waals surface area contributed by atoms with Gasteiger partial charge in [0.25, 0.3) is 0 Å². The van der Waals surface area contributed by atoms with Gasteiger partial charge in [0.05, 0.1) is 0 Å². The molecule has 0 bridgehead atoms. The zero-order valence-electron chi connectivity index (χ0n) is 18.4. The topological polar surface area (TPSA) is 80.1 Å². The van der Waals surface area contributed by atoms with Gasteiger partial charge in [0, 0.05) is 23.6 Å². The van der Waals surface area contributed by atoms with Gasteiger partial charge in [-0.05, 0) is 41.9 Å². The molecule has 2 unspecified atom stereocenters. The number of benzene rings is 2. The zero-order valence-corrected chi connectivity index (χ0v) is 19.2. The van der Waals surface area contributed by atoms with E-state index in [1.807, 2.05) is 61.5 Å². The van der Waals surface area contributed by atoms with E-state index in [0.29, 0.717) is 29.6 Å². The lowest BCUT2D eigenvalue weighted by molar-refractivity contribution is -0.122. The molecule has 2 aromatic carbocycles. The molecule has 0 spiro atoms. The van der Waals surface area contributed by atoms with Crippen LogP contribution in [0.3, 0.4) is 0 Å². The summed E-state index contributed by atoms with van der Waals surface area (Å²) in [5.41, 5.74) is 3.45. The number of amidine groups is 2. The molecule has 0 fully saturated rings. The summed E-state index contributed by atoms with van der Waals surface area (Å²) < 4.78 is 5.92. The molecule has 1 N–H and O–H groups in total. The van der Waals surface area contributed by atoms with Gasteiger partial charge >= 0.3 is 0 Å². The average molecular weight is 460 g/mol. The lowest BCUT2D eigenvalue weighted by Crippen LogP contribution is -2.48. The minimum atomic E-state index is -0.608. The van der Waals surface area contributed by atoms with Crippen LogP contribution in [-0.2, 0) is 16.2 Å². The number of rotatable bonds is 5. The number of aliphatic imine (C=N–C) groups is 2. The highest BCUT2D eigenvalue weighted by molar-refractivity contribution is 8.13. The van der Waals surface area contributed by atoms with Crippen molar-refractivity contribution < 1.29 is 14.3 Å². The molecule has 1 amide bonds. The van der Waals surface area contributed by atoms with Crippen LogP contribution in [0.1, 0.15) is 43.2 Å². The first-order valence-corrected chi connectivity index (χ1v) is 12.3. The van der Waals surface area contributed by atoms with Crippen molar-refractivity contribution in [1.82, 2.24) is 5.32 Å². The van der Waals surface area contributed by atoms with Crippen LogP contribution in [0.5, 0.6) is 5.75 Å². The zero-order chi connectivity index (χ0) is 22.8. The second-order valence-corrected chi connectivity index (χ2v) is 9.50. The van der Waals surface area contributed by atoms with Gasteiger partial charge < -0.3 is 10.1 Å². The fourth-order valence-corrected chi connectivity index (χ4v) is 5.20. The molecule has 0 saturated carbocycles. The molecular formula is C26H25N3O3S. The van der Waals surface area contributed by atoms with Crippen LogP contribution < -0.4 is 10.1 Å². The highest BCUT2D eigenvalue weighted by Crippen LogP contribution is 2.44. The molecule has 5 rings (SSSR count). The summed E-state index contributed by atoms with van der Waals surface area (Å²) in [4.78, 5) is 35.5. The minimum Gasteiger partial charge on any atom is -0.489 e. The van der Waals surface area contributed by atoms with Crippen LogP contribution in [0, 0.1) is 5.92 Å². The Morgan fingerprint density at radius 3 is 2.55 bits per heavy atom. The summed E-state index contributed by atoms with van der Waals surface area (Å²) in [5, 5.41) is 3.49. The Balaban J connectivity index is 1.47. The first-order valence-electron chi connectivity index (χ1n) is 11.3. The summed E-state index contributed by atoms with van der Waals surface area (Å²) in [6, 6.07) is 17.7. The SMILES string of the molecule is CCSC1=NC2=NC3=C(C(=O)CCC3)C(c3ccc(OCc4ccccc4)cc3)C2C(=O)N1. The number of hydrogen-bond donors (Lipinski definition) is 1. The largest absolute Gasteiger partial charge is 0.489 e. The van der Waals surface area contributed by atoms with Gasteiger partial charge in [0.15, 0.2) is 11.0 Å². The van der Waals surface area contributed by atoms with Crippen molar-refractivity contribution in [1.29, 1.82) is 0 Å². The van der Waals surface area contributed by atoms with E-state index in [1.165, 1.54) is 11.8 Å². The van der Waals surface area contributed by atoms with Crippen molar-refractivity contribution in [2.45, 2.75) is 38.7 Å². The molecular weight excluding hydrogens is 434 g/mol. The quantitative estimate of drug-likeness (QED) is 0.707. The third kappa shape index (κ3) is 4.37. The number of amides is 1. The molecule has 6 nitrogen and oxygen atoms in total. The molecule has 2 heterocycles.